The van der Waals surface area contributed by atoms with Crippen molar-refractivity contribution in [3.8, 4) is 0 Å². The molecule has 0 saturated carbocycles. The molecule has 0 spiro atoms. The number of hydrogen-bond donors (Lipinski definition) is 3. The number of thiol groups is 3. The predicted molar refractivity (Wildman–Crippen MR) is 93.9 cm³/mol. The van der Waals surface area contributed by atoms with Crippen molar-refractivity contribution >= 4 is 59.2 Å². The van der Waals surface area contributed by atoms with Gasteiger partial charge in [0.15, 0.2) is 0 Å². The summed E-state index contributed by atoms with van der Waals surface area (Å²) in [4.78, 5) is 0. The molecule has 2 aromatic rings. The van der Waals surface area contributed by atoms with E-state index in [1.54, 1.807) is 11.0 Å². The van der Waals surface area contributed by atoms with Crippen LogP contribution in [0.3, 0.4) is 0 Å². The van der Waals surface area contributed by atoms with Crippen LogP contribution in [-0.2, 0) is 0 Å². The molecule has 0 aliphatic carbocycles. The SMILES string of the molecule is SP(S[PH](S)(S)[n+]1ccccc1)[n+]1ccccc1. The third-order valence-corrected chi connectivity index (χ3v) is 18.9. The van der Waals surface area contributed by atoms with Crippen LogP contribution in [0.2, 0.25) is 0 Å². The molecule has 0 amide bonds. The van der Waals surface area contributed by atoms with Gasteiger partial charge in [0.1, 0.15) is 0 Å². The second-order valence-electron chi connectivity index (χ2n) is 3.46. The summed E-state index contributed by atoms with van der Waals surface area (Å²) >= 11 is 15.9. The molecule has 0 fully saturated rings. The van der Waals surface area contributed by atoms with Crippen molar-refractivity contribution in [1.82, 2.24) is 0 Å². The molecule has 0 aliphatic heterocycles. The van der Waals surface area contributed by atoms with Crippen LogP contribution < -0.4 is 8.68 Å². The molecule has 2 rings (SSSR count). The van der Waals surface area contributed by atoms with Crippen LogP contribution in [0.5, 0.6) is 0 Å². The molecule has 8 heteroatoms. The van der Waals surface area contributed by atoms with Gasteiger partial charge in [-0.3, -0.25) is 0 Å². The van der Waals surface area contributed by atoms with Crippen LogP contribution in [0.25, 0.3) is 0 Å². The normalized spacial score (nSPS) is 14.2. The third kappa shape index (κ3) is 4.03. The average molecular weight is 352 g/mol. The van der Waals surface area contributed by atoms with Crippen molar-refractivity contribution in [2.45, 2.75) is 0 Å². The van der Waals surface area contributed by atoms with Crippen LogP contribution in [0, 0.1) is 0 Å². The first-order chi connectivity index (χ1) is 8.59. The fraction of sp³-hybridized carbons (Fsp3) is 0. The summed E-state index contributed by atoms with van der Waals surface area (Å²) in [5.74, 6) is 0. The van der Waals surface area contributed by atoms with E-state index in [-0.39, 0.29) is 0 Å². The Morgan fingerprint density at radius 3 is 1.89 bits per heavy atom. The summed E-state index contributed by atoms with van der Waals surface area (Å²) in [5.41, 5.74) is 0. The Morgan fingerprint density at radius 2 is 1.33 bits per heavy atom. The zero-order chi connectivity index (χ0) is 13.0. The topological polar surface area (TPSA) is 7.76 Å². The molecule has 96 valence electrons. The Bertz CT molecular complexity index is 498. The van der Waals surface area contributed by atoms with E-state index in [2.05, 4.69) is 20.9 Å². The van der Waals surface area contributed by atoms with E-state index in [1.807, 2.05) is 61.2 Å². The van der Waals surface area contributed by atoms with Gasteiger partial charge in [-0.15, -0.1) is 0 Å². The van der Waals surface area contributed by atoms with Gasteiger partial charge in [0.25, 0.3) is 0 Å². The summed E-state index contributed by atoms with van der Waals surface area (Å²) in [7, 11) is 0. The number of nitrogens with zero attached hydrogens (tertiary/aromatic N) is 2. The van der Waals surface area contributed by atoms with Gasteiger partial charge >= 0.3 is 129 Å². The predicted octanol–water partition coefficient (Wildman–Crippen LogP) is 3.82. The molecule has 0 aromatic carbocycles. The maximum atomic E-state index is 4.75. The van der Waals surface area contributed by atoms with E-state index in [1.165, 1.54) is 0 Å². The third-order valence-electron chi connectivity index (χ3n) is 2.15. The molecule has 0 aliphatic rings. The molecule has 2 heterocycles. The Morgan fingerprint density at radius 1 is 0.833 bits per heavy atom. The summed E-state index contributed by atoms with van der Waals surface area (Å²) in [6, 6.07) is 12.0. The van der Waals surface area contributed by atoms with Crippen molar-refractivity contribution in [2.24, 2.45) is 0 Å². The van der Waals surface area contributed by atoms with Gasteiger partial charge in [0, 0.05) is 0 Å². The summed E-state index contributed by atoms with van der Waals surface area (Å²) in [6.07, 6.45) is 8.05. The van der Waals surface area contributed by atoms with E-state index >= 15 is 0 Å². The zero-order valence-electron chi connectivity index (χ0n) is 9.37. The second kappa shape index (κ2) is 6.83. The standard InChI is InChI=1S/C10H14N2P2S4/c15-13(11-7-3-1-4-8-11)18-14(16,17)12-9-5-2-6-10-12/h1-10,14-17H/q+2. The van der Waals surface area contributed by atoms with Gasteiger partial charge in [0.2, 0.25) is 0 Å². The zero-order valence-corrected chi connectivity index (χ0v) is 14.8. The van der Waals surface area contributed by atoms with Gasteiger partial charge in [-0.2, -0.15) is 0 Å². The van der Waals surface area contributed by atoms with E-state index in [4.69, 9.17) is 24.5 Å². The Kier molecular flexibility index (Phi) is 5.67. The fourth-order valence-electron chi connectivity index (χ4n) is 1.30. The quantitative estimate of drug-likeness (QED) is 0.559. The fourth-order valence-corrected chi connectivity index (χ4v) is 20.2. The molecule has 0 bridgehead atoms. The molecule has 18 heavy (non-hydrogen) atoms. The first-order valence-electron chi connectivity index (χ1n) is 5.16. The van der Waals surface area contributed by atoms with Crippen molar-refractivity contribution in [3.63, 3.8) is 0 Å². The summed E-state index contributed by atoms with van der Waals surface area (Å²) in [6.45, 7) is -0.671. The van der Waals surface area contributed by atoms with Crippen LogP contribution >= 0.6 is 59.2 Å². The van der Waals surface area contributed by atoms with Gasteiger partial charge in [-0.1, -0.05) is 0 Å². The Hall–Kier alpha value is 0.560. The van der Waals surface area contributed by atoms with Crippen LogP contribution in [0.4, 0.5) is 0 Å². The van der Waals surface area contributed by atoms with Crippen molar-refractivity contribution in [2.75, 3.05) is 0 Å². The van der Waals surface area contributed by atoms with Crippen LogP contribution in [0.1, 0.15) is 0 Å². The number of pyridine rings is 2. The number of rotatable bonds is 4. The van der Waals surface area contributed by atoms with Crippen LogP contribution in [0.15, 0.2) is 61.2 Å². The first kappa shape index (κ1) is 15.0. The van der Waals surface area contributed by atoms with Crippen molar-refractivity contribution in [1.29, 1.82) is 0 Å². The number of hydrogen-bond acceptors (Lipinski definition) is 4. The van der Waals surface area contributed by atoms with Gasteiger partial charge in [-0.25, -0.2) is 0 Å². The van der Waals surface area contributed by atoms with Gasteiger partial charge < -0.3 is 0 Å². The monoisotopic (exact) mass is 352 g/mol. The molecule has 0 saturated heterocycles. The van der Waals surface area contributed by atoms with Gasteiger partial charge in [-0.05, 0) is 0 Å². The molecular formula is C10H14N2P2S4+2. The average Bonchev–Trinajstić information content (AvgIpc) is 2.40. The molecule has 1 unspecified atom stereocenters. The molecule has 2 nitrogen and oxygen atoms in total. The Labute approximate surface area is 128 Å². The Balaban J connectivity index is 2.14. The molecular weight excluding hydrogens is 338 g/mol. The van der Waals surface area contributed by atoms with Crippen molar-refractivity contribution in [3.05, 3.63) is 61.2 Å². The first-order valence-corrected chi connectivity index (χ1v) is 14.3. The molecule has 0 radical (unpaired) electrons. The van der Waals surface area contributed by atoms with E-state index in [0.717, 1.165) is 0 Å². The van der Waals surface area contributed by atoms with E-state index in [0.29, 0.717) is 0 Å². The molecule has 1 atom stereocenters. The number of aromatic nitrogens is 2. The second-order valence-corrected chi connectivity index (χ2v) is 20.0. The molecule has 0 N–H and O–H groups in total. The van der Waals surface area contributed by atoms with Gasteiger partial charge in [0.05, 0.1) is 0 Å². The minimum absolute atomic E-state index is 0.671. The van der Waals surface area contributed by atoms with E-state index < -0.39 is 11.5 Å². The molecule has 2 aromatic heterocycles. The minimum atomic E-state index is -2.17. The maximum absolute atomic E-state index is 4.75. The summed E-state index contributed by atoms with van der Waals surface area (Å²) in [5, 5.41) is -2.17. The van der Waals surface area contributed by atoms with Crippen LogP contribution in [-0.4, -0.2) is 0 Å². The van der Waals surface area contributed by atoms with E-state index in [9.17, 15) is 0 Å². The van der Waals surface area contributed by atoms with Crippen molar-refractivity contribution < 1.29 is 8.68 Å². The summed E-state index contributed by atoms with van der Waals surface area (Å²) < 4.78 is 4.18.